The Kier molecular flexibility index (Phi) is 4.07. The van der Waals surface area contributed by atoms with E-state index in [2.05, 4.69) is 4.74 Å². The van der Waals surface area contributed by atoms with E-state index in [4.69, 9.17) is 11.5 Å². The van der Waals surface area contributed by atoms with Crippen LogP contribution in [0.25, 0.3) is 0 Å². The number of primary amides is 2. The van der Waals surface area contributed by atoms with Crippen molar-refractivity contribution in [2.24, 2.45) is 11.5 Å². The van der Waals surface area contributed by atoms with Gasteiger partial charge < -0.3 is 26.8 Å². The van der Waals surface area contributed by atoms with E-state index < -0.39 is 24.2 Å². The molecular formula is C5H10N4O4. The SMILES string of the molecule is COC(=O)C(NC(N)=O)NC(N)=O. The molecule has 0 aliphatic heterocycles. The molecule has 0 heterocycles. The van der Waals surface area contributed by atoms with Crippen molar-refractivity contribution in [3.8, 4) is 0 Å². The van der Waals surface area contributed by atoms with Crippen molar-refractivity contribution >= 4 is 18.0 Å². The van der Waals surface area contributed by atoms with E-state index in [9.17, 15) is 14.4 Å². The molecule has 8 nitrogen and oxygen atoms in total. The number of ether oxygens (including phenoxy) is 1. The second-order valence-electron chi connectivity index (χ2n) is 1.97. The fourth-order valence-corrected chi connectivity index (χ4v) is 0.556. The van der Waals surface area contributed by atoms with E-state index in [1.165, 1.54) is 0 Å². The fourth-order valence-electron chi connectivity index (χ4n) is 0.556. The van der Waals surface area contributed by atoms with Crippen LogP contribution in [0.1, 0.15) is 0 Å². The third-order valence-corrected chi connectivity index (χ3v) is 1.01. The van der Waals surface area contributed by atoms with E-state index in [-0.39, 0.29) is 0 Å². The second kappa shape index (κ2) is 4.80. The maximum absolute atomic E-state index is 10.8. The number of carbonyl (C=O) groups is 3. The highest BCUT2D eigenvalue weighted by Gasteiger charge is 2.21. The predicted molar refractivity (Wildman–Crippen MR) is 41.2 cm³/mol. The summed E-state index contributed by atoms with van der Waals surface area (Å²) in [5, 5.41) is 3.83. The Labute approximate surface area is 73.6 Å². The van der Waals surface area contributed by atoms with Gasteiger partial charge in [-0.2, -0.15) is 0 Å². The Hall–Kier alpha value is -1.99. The molecule has 0 aromatic carbocycles. The van der Waals surface area contributed by atoms with E-state index in [0.717, 1.165) is 7.11 Å². The summed E-state index contributed by atoms with van der Waals surface area (Å²) in [5.74, 6) is -0.877. The summed E-state index contributed by atoms with van der Waals surface area (Å²) in [6.45, 7) is 0. The maximum Gasteiger partial charge on any atom is 0.349 e. The maximum atomic E-state index is 10.8. The molecular weight excluding hydrogens is 180 g/mol. The van der Waals surface area contributed by atoms with Gasteiger partial charge in [-0.05, 0) is 0 Å². The van der Waals surface area contributed by atoms with Gasteiger partial charge in [0.25, 0.3) is 0 Å². The largest absolute Gasteiger partial charge is 0.466 e. The fraction of sp³-hybridized carbons (Fsp3) is 0.400. The van der Waals surface area contributed by atoms with E-state index in [0.29, 0.717) is 0 Å². The minimum absolute atomic E-state index is 0.877. The van der Waals surface area contributed by atoms with Crippen LogP contribution < -0.4 is 22.1 Å². The smallest absolute Gasteiger partial charge is 0.349 e. The first kappa shape index (κ1) is 11.0. The zero-order chi connectivity index (χ0) is 10.4. The van der Waals surface area contributed by atoms with Crippen molar-refractivity contribution in [2.75, 3.05) is 7.11 Å². The lowest BCUT2D eigenvalue weighted by molar-refractivity contribution is -0.143. The molecule has 0 bridgehead atoms. The summed E-state index contributed by atoms with van der Waals surface area (Å²) in [7, 11) is 1.08. The van der Waals surface area contributed by atoms with Gasteiger partial charge in [-0.15, -0.1) is 0 Å². The number of methoxy groups -OCH3 is 1. The number of esters is 1. The van der Waals surface area contributed by atoms with Gasteiger partial charge in [-0.1, -0.05) is 0 Å². The first-order valence-corrected chi connectivity index (χ1v) is 3.17. The lowest BCUT2D eigenvalue weighted by atomic mass is 10.5. The minimum Gasteiger partial charge on any atom is -0.466 e. The normalized spacial score (nSPS) is 9.08. The van der Waals surface area contributed by atoms with Crippen LogP contribution in [-0.2, 0) is 9.53 Å². The first-order valence-electron chi connectivity index (χ1n) is 3.17. The number of rotatable bonds is 3. The zero-order valence-electron chi connectivity index (χ0n) is 6.87. The van der Waals surface area contributed by atoms with Crippen molar-refractivity contribution in [2.45, 2.75) is 6.17 Å². The number of nitrogens with two attached hydrogens (primary N) is 2. The van der Waals surface area contributed by atoms with Crippen molar-refractivity contribution in [3.05, 3.63) is 0 Å². The lowest BCUT2D eigenvalue weighted by Crippen LogP contribution is -2.55. The summed E-state index contributed by atoms with van der Waals surface area (Å²) in [6.07, 6.45) is -1.36. The summed E-state index contributed by atoms with van der Waals surface area (Å²) in [6, 6.07) is -1.96. The summed E-state index contributed by atoms with van der Waals surface area (Å²) >= 11 is 0. The molecule has 74 valence electrons. The van der Waals surface area contributed by atoms with Crippen molar-refractivity contribution < 1.29 is 19.1 Å². The van der Waals surface area contributed by atoms with Gasteiger partial charge in [0.2, 0.25) is 6.17 Å². The number of amides is 4. The van der Waals surface area contributed by atoms with Crippen LogP contribution in [0.2, 0.25) is 0 Å². The monoisotopic (exact) mass is 190 g/mol. The van der Waals surface area contributed by atoms with E-state index in [1.807, 2.05) is 10.6 Å². The number of nitrogens with one attached hydrogen (secondary N) is 2. The molecule has 0 rings (SSSR count). The Morgan fingerprint density at radius 3 is 1.77 bits per heavy atom. The molecule has 0 aromatic heterocycles. The molecule has 0 saturated heterocycles. The van der Waals surface area contributed by atoms with Crippen molar-refractivity contribution in [1.29, 1.82) is 0 Å². The average molecular weight is 190 g/mol. The molecule has 8 heteroatoms. The highest BCUT2D eigenvalue weighted by molar-refractivity contribution is 5.86. The minimum atomic E-state index is -1.36. The van der Waals surface area contributed by atoms with Crippen LogP contribution in [0.3, 0.4) is 0 Å². The van der Waals surface area contributed by atoms with Gasteiger partial charge in [-0.25, -0.2) is 14.4 Å². The molecule has 0 aliphatic carbocycles. The molecule has 4 amide bonds. The molecule has 6 N–H and O–H groups in total. The van der Waals surface area contributed by atoms with Crippen LogP contribution in [0.5, 0.6) is 0 Å². The molecule has 0 aromatic rings. The standard InChI is InChI=1S/C5H10N4O4/c1-13-3(10)2(8-4(6)11)9-5(7)12/h2H,1H3,(H3,6,8,11)(H3,7,9,12). The topological polar surface area (TPSA) is 137 Å². The molecule has 0 aliphatic rings. The molecule has 0 unspecified atom stereocenters. The van der Waals surface area contributed by atoms with Crippen molar-refractivity contribution in [1.82, 2.24) is 10.6 Å². The van der Waals surface area contributed by atoms with E-state index in [1.54, 1.807) is 0 Å². The highest BCUT2D eigenvalue weighted by Crippen LogP contribution is 1.82. The van der Waals surface area contributed by atoms with Crippen LogP contribution in [0, 0.1) is 0 Å². The molecule has 0 saturated carbocycles. The molecule has 0 fully saturated rings. The predicted octanol–water partition coefficient (Wildman–Crippen LogP) is -2.18. The van der Waals surface area contributed by atoms with E-state index >= 15 is 0 Å². The van der Waals surface area contributed by atoms with Gasteiger partial charge in [0, 0.05) is 0 Å². The molecule has 0 spiro atoms. The quantitative estimate of drug-likeness (QED) is 0.297. The summed E-state index contributed by atoms with van der Waals surface area (Å²) in [5.41, 5.74) is 9.42. The van der Waals surface area contributed by atoms with Gasteiger partial charge in [0.1, 0.15) is 0 Å². The molecule has 0 radical (unpaired) electrons. The van der Waals surface area contributed by atoms with Crippen LogP contribution in [0.15, 0.2) is 0 Å². The average Bonchev–Trinajstić information content (AvgIpc) is 2.00. The van der Waals surface area contributed by atoms with Gasteiger partial charge in [-0.3, -0.25) is 0 Å². The Balaban J connectivity index is 4.26. The lowest BCUT2D eigenvalue weighted by Gasteiger charge is -2.14. The zero-order valence-corrected chi connectivity index (χ0v) is 6.87. The number of hydrogen-bond acceptors (Lipinski definition) is 4. The molecule has 13 heavy (non-hydrogen) atoms. The van der Waals surface area contributed by atoms with Gasteiger partial charge in [0.05, 0.1) is 7.11 Å². The Morgan fingerprint density at radius 1 is 1.15 bits per heavy atom. The third-order valence-electron chi connectivity index (χ3n) is 1.01. The summed E-state index contributed by atoms with van der Waals surface area (Å²) in [4.78, 5) is 31.5. The Bertz CT molecular complexity index is 213. The summed E-state index contributed by atoms with van der Waals surface area (Å²) < 4.78 is 4.23. The number of carbonyl (C=O) groups excluding carboxylic acids is 3. The number of hydrogen-bond donors (Lipinski definition) is 4. The highest BCUT2D eigenvalue weighted by atomic mass is 16.5. The molecule has 0 atom stereocenters. The second-order valence-corrected chi connectivity index (χ2v) is 1.97. The van der Waals surface area contributed by atoms with Crippen molar-refractivity contribution in [3.63, 3.8) is 0 Å². The first-order chi connectivity index (χ1) is 5.97. The number of urea groups is 2. The van der Waals surface area contributed by atoms with Crippen LogP contribution in [0.4, 0.5) is 9.59 Å². The third kappa shape index (κ3) is 4.45. The van der Waals surface area contributed by atoms with Crippen LogP contribution >= 0.6 is 0 Å². The van der Waals surface area contributed by atoms with Gasteiger partial charge >= 0.3 is 18.0 Å². The van der Waals surface area contributed by atoms with Gasteiger partial charge in [0.15, 0.2) is 0 Å². The Morgan fingerprint density at radius 2 is 1.54 bits per heavy atom. The van der Waals surface area contributed by atoms with Crippen LogP contribution in [-0.4, -0.2) is 31.3 Å².